The van der Waals surface area contributed by atoms with Gasteiger partial charge in [-0.3, -0.25) is 20.4 Å². The van der Waals surface area contributed by atoms with Gasteiger partial charge in [0.1, 0.15) is 0 Å². The van der Waals surface area contributed by atoms with Crippen molar-refractivity contribution in [3.8, 4) is 11.5 Å². The standard InChI is InChI=1S/C17H19N3O6S/c1-3-26-14-9-6-12(10-15(14)25-2)17(22)20-19-16(21)11-4-7-13(8-5-11)27(18,23)24/h4-10H,3H2,1-2H3,(H,19,21)(H,20,22)(H2,18,23,24). The highest BCUT2D eigenvalue weighted by atomic mass is 32.2. The predicted molar refractivity (Wildman–Crippen MR) is 96.9 cm³/mol. The third-order valence-electron chi connectivity index (χ3n) is 3.46. The van der Waals surface area contributed by atoms with E-state index in [0.29, 0.717) is 18.1 Å². The molecular weight excluding hydrogens is 374 g/mol. The monoisotopic (exact) mass is 393 g/mol. The summed E-state index contributed by atoms with van der Waals surface area (Å²) in [5, 5.41) is 4.99. The van der Waals surface area contributed by atoms with Crippen LogP contribution in [0, 0.1) is 0 Å². The van der Waals surface area contributed by atoms with Crippen LogP contribution in [0.1, 0.15) is 27.6 Å². The van der Waals surface area contributed by atoms with Crippen LogP contribution < -0.4 is 25.5 Å². The lowest BCUT2D eigenvalue weighted by molar-refractivity contribution is 0.0846. The molecule has 0 fully saturated rings. The molecule has 2 aromatic carbocycles. The molecule has 2 rings (SSSR count). The highest BCUT2D eigenvalue weighted by molar-refractivity contribution is 7.89. The number of nitrogens with one attached hydrogen (secondary N) is 2. The molecule has 2 amide bonds. The van der Waals surface area contributed by atoms with E-state index in [1.54, 1.807) is 6.07 Å². The number of nitrogens with two attached hydrogens (primary N) is 1. The maximum Gasteiger partial charge on any atom is 0.269 e. The first kappa shape index (κ1) is 20.2. The molecule has 10 heteroatoms. The van der Waals surface area contributed by atoms with Crippen LogP contribution in [-0.4, -0.2) is 33.9 Å². The van der Waals surface area contributed by atoms with Crippen molar-refractivity contribution in [2.24, 2.45) is 5.14 Å². The Morgan fingerprint density at radius 2 is 1.52 bits per heavy atom. The summed E-state index contributed by atoms with van der Waals surface area (Å²) in [5.74, 6) is -0.307. The minimum absolute atomic E-state index is 0.121. The van der Waals surface area contributed by atoms with Gasteiger partial charge >= 0.3 is 0 Å². The van der Waals surface area contributed by atoms with E-state index < -0.39 is 21.8 Å². The van der Waals surface area contributed by atoms with Crippen molar-refractivity contribution < 1.29 is 27.5 Å². The van der Waals surface area contributed by atoms with Crippen LogP contribution in [0.2, 0.25) is 0 Å². The van der Waals surface area contributed by atoms with Crippen molar-refractivity contribution in [3.05, 3.63) is 53.6 Å². The minimum atomic E-state index is -3.85. The van der Waals surface area contributed by atoms with Gasteiger partial charge in [-0.2, -0.15) is 0 Å². The molecule has 0 unspecified atom stereocenters. The summed E-state index contributed by atoms with van der Waals surface area (Å²) in [7, 11) is -2.39. The first-order chi connectivity index (χ1) is 12.8. The zero-order chi connectivity index (χ0) is 20.0. The summed E-state index contributed by atoms with van der Waals surface area (Å²) in [4.78, 5) is 24.1. The van der Waals surface area contributed by atoms with Gasteiger partial charge in [-0.1, -0.05) is 0 Å². The summed E-state index contributed by atoms with van der Waals surface area (Å²) < 4.78 is 33.0. The van der Waals surface area contributed by atoms with E-state index in [4.69, 9.17) is 14.6 Å². The second-order valence-electron chi connectivity index (χ2n) is 5.28. The van der Waals surface area contributed by atoms with E-state index in [1.807, 2.05) is 6.92 Å². The molecule has 0 bridgehead atoms. The number of methoxy groups -OCH3 is 1. The number of carbonyl (C=O) groups is 2. The van der Waals surface area contributed by atoms with Crippen LogP contribution >= 0.6 is 0 Å². The number of carbonyl (C=O) groups excluding carboxylic acids is 2. The van der Waals surface area contributed by atoms with E-state index in [0.717, 1.165) is 0 Å². The highest BCUT2D eigenvalue weighted by Gasteiger charge is 2.14. The Hall–Kier alpha value is -3.11. The zero-order valence-electron chi connectivity index (χ0n) is 14.7. The van der Waals surface area contributed by atoms with Crippen molar-refractivity contribution in [2.75, 3.05) is 13.7 Å². The lowest BCUT2D eigenvalue weighted by atomic mass is 10.2. The molecule has 4 N–H and O–H groups in total. The van der Waals surface area contributed by atoms with Gasteiger partial charge in [-0.15, -0.1) is 0 Å². The molecule has 0 saturated carbocycles. The van der Waals surface area contributed by atoms with Crippen molar-refractivity contribution in [1.29, 1.82) is 0 Å². The Bertz CT molecular complexity index is 942. The summed E-state index contributed by atoms with van der Waals surface area (Å²) in [6.07, 6.45) is 0. The van der Waals surface area contributed by atoms with E-state index in [2.05, 4.69) is 10.9 Å². The molecule has 0 aliphatic heterocycles. The van der Waals surface area contributed by atoms with E-state index in [-0.39, 0.29) is 16.0 Å². The second kappa shape index (κ2) is 8.52. The number of ether oxygens (including phenoxy) is 2. The second-order valence-corrected chi connectivity index (χ2v) is 6.84. The van der Waals surface area contributed by atoms with Crippen molar-refractivity contribution in [1.82, 2.24) is 10.9 Å². The van der Waals surface area contributed by atoms with Gasteiger partial charge in [0.25, 0.3) is 11.8 Å². The summed E-state index contributed by atoms with van der Waals surface area (Å²) >= 11 is 0. The van der Waals surface area contributed by atoms with E-state index in [9.17, 15) is 18.0 Å². The maximum absolute atomic E-state index is 12.2. The normalized spacial score (nSPS) is 10.8. The maximum atomic E-state index is 12.2. The summed E-state index contributed by atoms with van der Waals surface area (Å²) in [6, 6.07) is 9.55. The number of sulfonamides is 1. The first-order valence-electron chi connectivity index (χ1n) is 7.80. The van der Waals surface area contributed by atoms with Crippen LogP contribution in [0.15, 0.2) is 47.4 Å². The average molecular weight is 393 g/mol. The Kier molecular flexibility index (Phi) is 6.37. The van der Waals surface area contributed by atoms with Gasteiger partial charge in [0, 0.05) is 11.1 Å². The van der Waals surface area contributed by atoms with Gasteiger partial charge in [-0.05, 0) is 49.4 Å². The van der Waals surface area contributed by atoms with Gasteiger partial charge in [-0.25, -0.2) is 13.6 Å². The van der Waals surface area contributed by atoms with Crippen LogP contribution in [0.4, 0.5) is 0 Å². The van der Waals surface area contributed by atoms with Gasteiger partial charge in [0.15, 0.2) is 11.5 Å². The van der Waals surface area contributed by atoms with Crippen molar-refractivity contribution in [2.45, 2.75) is 11.8 Å². The minimum Gasteiger partial charge on any atom is -0.493 e. The Balaban J connectivity index is 2.03. The first-order valence-corrected chi connectivity index (χ1v) is 9.35. The number of rotatable bonds is 6. The fraction of sp³-hybridized carbons (Fsp3) is 0.176. The van der Waals surface area contributed by atoms with Crippen LogP contribution in [0.25, 0.3) is 0 Å². The largest absolute Gasteiger partial charge is 0.493 e. The molecule has 2 aromatic rings. The van der Waals surface area contributed by atoms with Crippen LogP contribution in [0.5, 0.6) is 11.5 Å². The van der Waals surface area contributed by atoms with Gasteiger partial charge < -0.3 is 9.47 Å². The van der Waals surface area contributed by atoms with Crippen molar-refractivity contribution >= 4 is 21.8 Å². The Morgan fingerprint density at radius 3 is 2.04 bits per heavy atom. The van der Waals surface area contributed by atoms with Gasteiger partial charge in [0.05, 0.1) is 18.6 Å². The predicted octanol–water partition coefficient (Wildman–Crippen LogP) is 0.816. The topological polar surface area (TPSA) is 137 Å². The summed E-state index contributed by atoms with van der Waals surface area (Å²) in [5.41, 5.74) is 4.90. The van der Waals surface area contributed by atoms with E-state index >= 15 is 0 Å². The third-order valence-corrected chi connectivity index (χ3v) is 4.39. The molecule has 0 aliphatic carbocycles. The zero-order valence-corrected chi connectivity index (χ0v) is 15.5. The molecule has 0 saturated heterocycles. The smallest absolute Gasteiger partial charge is 0.269 e. The number of primary sulfonamides is 1. The molecule has 0 aliphatic rings. The highest BCUT2D eigenvalue weighted by Crippen LogP contribution is 2.27. The molecule has 9 nitrogen and oxygen atoms in total. The van der Waals surface area contributed by atoms with Crippen LogP contribution in [0.3, 0.4) is 0 Å². The molecule has 0 heterocycles. The number of hydrogen-bond donors (Lipinski definition) is 3. The molecule has 144 valence electrons. The van der Waals surface area contributed by atoms with Crippen molar-refractivity contribution in [3.63, 3.8) is 0 Å². The lowest BCUT2D eigenvalue weighted by Gasteiger charge is -2.11. The molecule has 0 radical (unpaired) electrons. The number of amides is 2. The van der Waals surface area contributed by atoms with Gasteiger partial charge in [0.2, 0.25) is 10.0 Å². The molecule has 0 atom stereocenters. The lowest BCUT2D eigenvalue weighted by Crippen LogP contribution is -2.41. The fourth-order valence-electron chi connectivity index (χ4n) is 2.14. The Morgan fingerprint density at radius 1 is 0.963 bits per heavy atom. The molecule has 27 heavy (non-hydrogen) atoms. The molecule has 0 aromatic heterocycles. The Labute approximate surface area is 156 Å². The fourth-order valence-corrected chi connectivity index (χ4v) is 2.65. The molecular formula is C17H19N3O6S. The van der Waals surface area contributed by atoms with Crippen LogP contribution in [-0.2, 0) is 10.0 Å². The summed E-state index contributed by atoms with van der Waals surface area (Å²) in [6.45, 7) is 2.27. The SMILES string of the molecule is CCOc1ccc(C(=O)NNC(=O)c2ccc(S(N)(=O)=O)cc2)cc1OC. The van der Waals surface area contributed by atoms with E-state index in [1.165, 1.54) is 43.5 Å². The third kappa shape index (κ3) is 5.19. The number of hydrogen-bond acceptors (Lipinski definition) is 6. The number of benzene rings is 2. The quantitative estimate of drug-likeness (QED) is 0.621. The molecule has 0 spiro atoms. The average Bonchev–Trinajstić information content (AvgIpc) is 2.65. The number of hydrazine groups is 1.